The lowest BCUT2D eigenvalue weighted by Crippen LogP contribution is -2.61. The summed E-state index contributed by atoms with van der Waals surface area (Å²) in [5.74, 6) is 0. The van der Waals surface area contributed by atoms with Gasteiger partial charge < -0.3 is 10.1 Å². The SMILES string of the molecule is [2H]C([2H])([2H])C12CCC(CNC1)N2C(=O)OC(C)(C)C. The van der Waals surface area contributed by atoms with E-state index in [-0.39, 0.29) is 6.04 Å². The van der Waals surface area contributed by atoms with Crippen molar-refractivity contribution in [1.82, 2.24) is 10.2 Å². The highest BCUT2D eigenvalue weighted by atomic mass is 16.6. The summed E-state index contributed by atoms with van der Waals surface area (Å²) in [5.41, 5.74) is -1.73. The van der Waals surface area contributed by atoms with Crippen LogP contribution in [0.2, 0.25) is 0 Å². The standard InChI is InChI=1S/C12H22N2O2/c1-11(2,3)16-10(15)14-9-5-6-12(14,4)8-13-7-9/h9,13H,5-8H2,1-4H3/i4D3. The van der Waals surface area contributed by atoms with Gasteiger partial charge in [0, 0.05) is 23.2 Å². The van der Waals surface area contributed by atoms with Crippen LogP contribution in [0.5, 0.6) is 0 Å². The number of hydrogen-bond donors (Lipinski definition) is 1. The van der Waals surface area contributed by atoms with Gasteiger partial charge in [-0.15, -0.1) is 0 Å². The Bertz CT molecular complexity index is 374. The van der Waals surface area contributed by atoms with Gasteiger partial charge in [-0.2, -0.15) is 0 Å². The summed E-state index contributed by atoms with van der Waals surface area (Å²) < 4.78 is 28.8. The second-order valence-corrected chi connectivity index (χ2v) is 5.71. The maximum Gasteiger partial charge on any atom is 0.411 e. The minimum Gasteiger partial charge on any atom is -0.444 e. The molecule has 4 nitrogen and oxygen atoms in total. The van der Waals surface area contributed by atoms with Crippen molar-refractivity contribution in [2.75, 3.05) is 13.1 Å². The lowest BCUT2D eigenvalue weighted by molar-refractivity contribution is -0.00607. The topological polar surface area (TPSA) is 41.6 Å². The smallest absolute Gasteiger partial charge is 0.411 e. The van der Waals surface area contributed by atoms with Gasteiger partial charge in [0.05, 0.1) is 5.54 Å². The third-order valence-electron chi connectivity index (χ3n) is 3.11. The van der Waals surface area contributed by atoms with Crippen molar-refractivity contribution >= 4 is 6.09 Å². The van der Waals surface area contributed by atoms with E-state index in [2.05, 4.69) is 5.32 Å². The van der Waals surface area contributed by atoms with E-state index in [1.807, 2.05) is 0 Å². The van der Waals surface area contributed by atoms with E-state index in [0.29, 0.717) is 25.9 Å². The zero-order valence-electron chi connectivity index (χ0n) is 13.2. The van der Waals surface area contributed by atoms with Crippen molar-refractivity contribution in [3.05, 3.63) is 0 Å². The maximum absolute atomic E-state index is 12.4. The van der Waals surface area contributed by atoms with Crippen LogP contribution in [0.15, 0.2) is 0 Å². The highest BCUT2D eigenvalue weighted by molar-refractivity contribution is 5.70. The fourth-order valence-electron chi connectivity index (χ4n) is 2.45. The first-order chi connectivity index (χ1) is 8.57. The maximum atomic E-state index is 12.4. The van der Waals surface area contributed by atoms with Crippen molar-refractivity contribution in [2.24, 2.45) is 0 Å². The van der Waals surface area contributed by atoms with Gasteiger partial charge in [0.15, 0.2) is 0 Å². The summed E-state index contributed by atoms with van der Waals surface area (Å²) >= 11 is 0. The summed E-state index contributed by atoms with van der Waals surface area (Å²) in [6, 6.07) is -0.0796. The van der Waals surface area contributed by atoms with Gasteiger partial charge >= 0.3 is 6.09 Å². The second kappa shape index (κ2) is 3.62. The first-order valence-corrected chi connectivity index (χ1v) is 5.80. The zero-order chi connectivity index (χ0) is 14.5. The average Bonchev–Trinajstić information content (AvgIpc) is 2.44. The fraction of sp³-hybridized carbons (Fsp3) is 0.917. The van der Waals surface area contributed by atoms with Gasteiger partial charge in [-0.25, -0.2) is 4.79 Å². The van der Waals surface area contributed by atoms with Crippen molar-refractivity contribution < 1.29 is 13.6 Å². The predicted octanol–water partition coefficient (Wildman–Crippen LogP) is 1.75. The summed E-state index contributed by atoms with van der Waals surface area (Å²) in [6.45, 7) is 4.10. The van der Waals surface area contributed by atoms with E-state index in [9.17, 15) is 4.79 Å². The molecule has 0 aromatic rings. The van der Waals surface area contributed by atoms with Crippen molar-refractivity contribution in [1.29, 1.82) is 0 Å². The van der Waals surface area contributed by atoms with Gasteiger partial charge in [0.2, 0.25) is 0 Å². The number of piperazine rings is 1. The van der Waals surface area contributed by atoms with Crippen LogP contribution in [-0.2, 0) is 4.74 Å². The molecule has 92 valence electrons. The first-order valence-electron chi connectivity index (χ1n) is 7.30. The molecule has 0 spiro atoms. The molecule has 0 saturated carbocycles. The number of fused-ring (bicyclic) bond motifs is 2. The molecule has 0 radical (unpaired) electrons. The first kappa shape index (κ1) is 8.34. The van der Waals surface area contributed by atoms with Crippen LogP contribution in [0.25, 0.3) is 0 Å². The molecule has 0 aliphatic carbocycles. The highest BCUT2D eigenvalue weighted by Gasteiger charge is 2.49. The third kappa shape index (κ3) is 2.03. The third-order valence-corrected chi connectivity index (χ3v) is 3.11. The van der Waals surface area contributed by atoms with Crippen molar-refractivity contribution in [3.63, 3.8) is 0 Å². The Morgan fingerprint density at radius 1 is 1.62 bits per heavy atom. The van der Waals surface area contributed by atoms with Gasteiger partial charge in [0.1, 0.15) is 5.60 Å². The molecule has 1 amide bonds. The average molecular weight is 229 g/mol. The van der Waals surface area contributed by atoms with E-state index >= 15 is 0 Å². The van der Waals surface area contributed by atoms with Crippen molar-refractivity contribution in [3.8, 4) is 0 Å². The minimum absolute atomic E-state index is 0.0796. The largest absolute Gasteiger partial charge is 0.444 e. The van der Waals surface area contributed by atoms with Gasteiger partial charge in [0.25, 0.3) is 0 Å². The Labute approximate surface area is 102 Å². The van der Waals surface area contributed by atoms with Gasteiger partial charge in [-0.05, 0) is 40.5 Å². The number of ether oxygens (including phenoxy) is 1. The Hall–Kier alpha value is -0.770. The Morgan fingerprint density at radius 2 is 2.38 bits per heavy atom. The summed E-state index contributed by atoms with van der Waals surface area (Å²) in [4.78, 5) is 13.8. The van der Waals surface area contributed by atoms with E-state index in [1.165, 1.54) is 4.90 Å². The van der Waals surface area contributed by atoms with Gasteiger partial charge in [-0.3, -0.25) is 4.90 Å². The Kier molecular flexibility index (Phi) is 1.89. The van der Waals surface area contributed by atoms with Crippen LogP contribution in [0, 0.1) is 0 Å². The predicted molar refractivity (Wildman–Crippen MR) is 62.4 cm³/mol. The monoisotopic (exact) mass is 229 g/mol. The molecule has 2 saturated heterocycles. The summed E-state index contributed by atoms with van der Waals surface area (Å²) in [7, 11) is 0. The molecule has 2 atom stereocenters. The minimum atomic E-state index is -2.20. The van der Waals surface area contributed by atoms with Crippen LogP contribution < -0.4 is 5.32 Å². The molecule has 2 fully saturated rings. The fourth-order valence-corrected chi connectivity index (χ4v) is 2.45. The van der Waals surface area contributed by atoms with Crippen LogP contribution in [0.1, 0.15) is 44.6 Å². The van der Waals surface area contributed by atoms with E-state index in [4.69, 9.17) is 8.85 Å². The molecule has 16 heavy (non-hydrogen) atoms. The molecule has 2 aliphatic heterocycles. The van der Waals surface area contributed by atoms with Crippen LogP contribution >= 0.6 is 0 Å². The Balaban J connectivity index is 2.29. The molecule has 0 aromatic carbocycles. The second-order valence-electron chi connectivity index (χ2n) is 5.71. The molecule has 2 aliphatic rings. The number of hydrogen-bond acceptors (Lipinski definition) is 3. The van der Waals surface area contributed by atoms with E-state index < -0.39 is 24.1 Å². The number of rotatable bonds is 0. The lowest BCUT2D eigenvalue weighted by atomic mass is 9.99. The summed E-state index contributed by atoms with van der Waals surface area (Å²) in [6.07, 6.45) is 0.707. The molecular formula is C12H22N2O2. The number of carbonyl (C=O) groups is 1. The molecule has 0 aromatic heterocycles. The quantitative estimate of drug-likeness (QED) is 0.688. The molecule has 2 rings (SSSR count). The Morgan fingerprint density at radius 3 is 3.00 bits per heavy atom. The normalized spacial score (nSPS) is 37.6. The van der Waals surface area contributed by atoms with Crippen molar-refractivity contribution in [2.45, 2.75) is 57.6 Å². The molecular weight excluding hydrogens is 204 g/mol. The molecule has 2 heterocycles. The molecule has 2 unspecified atom stereocenters. The van der Waals surface area contributed by atoms with Crippen LogP contribution in [0.3, 0.4) is 0 Å². The lowest BCUT2D eigenvalue weighted by Gasteiger charge is -2.43. The molecule has 1 N–H and O–H groups in total. The number of nitrogens with zero attached hydrogens (tertiary/aromatic N) is 1. The van der Waals surface area contributed by atoms with Crippen LogP contribution in [0.4, 0.5) is 4.79 Å². The van der Waals surface area contributed by atoms with Gasteiger partial charge in [-0.1, -0.05) is 0 Å². The molecule has 4 heteroatoms. The highest BCUT2D eigenvalue weighted by Crippen LogP contribution is 2.36. The van der Waals surface area contributed by atoms with E-state index in [1.54, 1.807) is 20.8 Å². The summed E-state index contributed by atoms with van der Waals surface area (Å²) in [5, 5.41) is 3.13. The van der Waals surface area contributed by atoms with Crippen LogP contribution in [-0.4, -0.2) is 41.3 Å². The number of amides is 1. The number of nitrogens with one attached hydrogen (secondary N) is 1. The number of carbonyl (C=O) groups excluding carboxylic acids is 1. The van der Waals surface area contributed by atoms with E-state index in [0.717, 1.165) is 0 Å². The molecule has 2 bridgehead atoms. The zero-order valence-corrected chi connectivity index (χ0v) is 10.2.